The molecule has 0 radical (unpaired) electrons. The highest BCUT2D eigenvalue weighted by molar-refractivity contribution is 5.88. The number of amides is 2. The molecule has 2 amide bonds. The summed E-state index contributed by atoms with van der Waals surface area (Å²) in [7, 11) is 0. The van der Waals surface area contributed by atoms with Gasteiger partial charge in [0, 0.05) is 19.6 Å². The number of nitrogens with zero attached hydrogens (tertiary/aromatic N) is 2. The van der Waals surface area contributed by atoms with E-state index in [4.69, 9.17) is 9.47 Å². The number of carbonyl (C=O) groups excluding carboxylic acids is 1. The first kappa shape index (κ1) is 17.1. The van der Waals surface area contributed by atoms with Crippen LogP contribution in [-0.2, 0) is 16.0 Å². The Morgan fingerprint density at radius 2 is 2.17 bits per heavy atom. The average Bonchev–Trinajstić information content (AvgIpc) is 2.87. The molecule has 2 fully saturated rings. The summed E-state index contributed by atoms with van der Waals surface area (Å²) in [6.07, 6.45) is 0.810. The van der Waals surface area contributed by atoms with Crippen molar-refractivity contribution in [1.82, 2.24) is 15.2 Å². The fourth-order valence-electron chi connectivity index (χ4n) is 3.09. The molecule has 7 nitrogen and oxygen atoms in total. The van der Waals surface area contributed by atoms with Gasteiger partial charge in [-0.3, -0.25) is 10.2 Å². The summed E-state index contributed by atoms with van der Waals surface area (Å²) in [6, 6.07) is 5.50. The molecule has 2 aliphatic rings. The van der Waals surface area contributed by atoms with Crippen molar-refractivity contribution in [1.29, 1.82) is 0 Å². The second kappa shape index (κ2) is 7.46. The highest BCUT2D eigenvalue weighted by atomic mass is 16.5. The molecule has 2 saturated heterocycles. The minimum absolute atomic E-state index is 0.0385. The van der Waals surface area contributed by atoms with E-state index in [1.807, 2.05) is 26.0 Å². The molecule has 1 aromatic heterocycles. The van der Waals surface area contributed by atoms with Gasteiger partial charge in [0.15, 0.2) is 0 Å². The molecule has 0 aromatic carbocycles. The SMILES string of the molecule is CC1(C)CC(NC(=O)Nc2cccc(CN3CCOCC3)n2)CO1. The van der Waals surface area contributed by atoms with Gasteiger partial charge < -0.3 is 14.8 Å². The molecule has 0 saturated carbocycles. The number of hydrogen-bond donors (Lipinski definition) is 2. The summed E-state index contributed by atoms with van der Waals surface area (Å²) in [5.74, 6) is 0.566. The Morgan fingerprint density at radius 3 is 2.88 bits per heavy atom. The maximum absolute atomic E-state index is 12.1. The number of pyridine rings is 1. The van der Waals surface area contributed by atoms with Crippen LogP contribution < -0.4 is 10.6 Å². The Balaban J connectivity index is 1.51. The standard InChI is InChI=1S/C17H26N4O3/c1-17(2)10-14(12-24-17)19-16(22)20-15-5-3-4-13(18-15)11-21-6-8-23-9-7-21/h3-5,14H,6-12H2,1-2H3,(H2,18,19,20,22). The monoisotopic (exact) mass is 334 g/mol. The molecule has 1 unspecified atom stereocenters. The fourth-order valence-corrected chi connectivity index (χ4v) is 3.09. The smallest absolute Gasteiger partial charge is 0.320 e. The van der Waals surface area contributed by atoms with Gasteiger partial charge in [0.1, 0.15) is 5.82 Å². The summed E-state index contributed by atoms with van der Waals surface area (Å²) in [6.45, 7) is 8.73. The van der Waals surface area contributed by atoms with Crippen LogP contribution in [0.4, 0.5) is 10.6 Å². The van der Waals surface area contributed by atoms with E-state index < -0.39 is 0 Å². The van der Waals surface area contributed by atoms with Crippen molar-refractivity contribution in [3.8, 4) is 0 Å². The number of urea groups is 1. The maximum Gasteiger partial charge on any atom is 0.320 e. The highest BCUT2D eigenvalue weighted by Crippen LogP contribution is 2.24. The minimum Gasteiger partial charge on any atom is -0.379 e. The van der Waals surface area contributed by atoms with E-state index in [0.29, 0.717) is 12.4 Å². The first-order valence-corrected chi connectivity index (χ1v) is 8.48. The summed E-state index contributed by atoms with van der Waals surface area (Å²) in [5, 5.41) is 5.76. The van der Waals surface area contributed by atoms with E-state index in [-0.39, 0.29) is 17.7 Å². The molecular formula is C17H26N4O3. The summed E-state index contributed by atoms with van der Waals surface area (Å²) in [4.78, 5) is 19.0. The lowest BCUT2D eigenvalue weighted by Gasteiger charge is -2.26. The van der Waals surface area contributed by atoms with Gasteiger partial charge in [0.2, 0.25) is 0 Å². The third-order valence-corrected chi connectivity index (χ3v) is 4.29. The molecule has 132 valence electrons. The third kappa shape index (κ3) is 4.90. The lowest BCUT2D eigenvalue weighted by Crippen LogP contribution is -2.39. The summed E-state index contributed by atoms with van der Waals surface area (Å²) < 4.78 is 11.0. The van der Waals surface area contributed by atoms with Gasteiger partial charge in [-0.2, -0.15) is 0 Å². The van der Waals surface area contributed by atoms with Crippen molar-refractivity contribution in [3.05, 3.63) is 23.9 Å². The number of aromatic nitrogens is 1. The molecule has 3 rings (SSSR count). The molecule has 0 spiro atoms. The van der Waals surface area contributed by atoms with Crippen molar-refractivity contribution < 1.29 is 14.3 Å². The van der Waals surface area contributed by atoms with E-state index in [1.54, 1.807) is 6.07 Å². The molecular weight excluding hydrogens is 308 g/mol. The lowest BCUT2D eigenvalue weighted by atomic mass is 10.0. The number of rotatable bonds is 4. The summed E-state index contributed by atoms with van der Waals surface area (Å²) >= 11 is 0. The Labute approximate surface area is 142 Å². The molecule has 1 aromatic rings. The lowest BCUT2D eigenvalue weighted by molar-refractivity contribution is 0.0336. The van der Waals surface area contributed by atoms with Crippen LogP contribution >= 0.6 is 0 Å². The minimum atomic E-state index is -0.239. The van der Waals surface area contributed by atoms with Gasteiger partial charge in [-0.1, -0.05) is 6.07 Å². The van der Waals surface area contributed by atoms with Gasteiger partial charge in [0.25, 0.3) is 0 Å². The number of hydrogen-bond acceptors (Lipinski definition) is 5. The number of anilines is 1. The van der Waals surface area contributed by atoms with Crippen LogP contribution in [0, 0.1) is 0 Å². The van der Waals surface area contributed by atoms with E-state index >= 15 is 0 Å². The van der Waals surface area contributed by atoms with Gasteiger partial charge in [-0.05, 0) is 32.4 Å². The Morgan fingerprint density at radius 1 is 1.38 bits per heavy atom. The van der Waals surface area contributed by atoms with Crippen LogP contribution in [0.15, 0.2) is 18.2 Å². The maximum atomic E-state index is 12.1. The number of morpholine rings is 1. The van der Waals surface area contributed by atoms with Gasteiger partial charge in [-0.15, -0.1) is 0 Å². The second-order valence-electron chi connectivity index (χ2n) is 6.97. The summed E-state index contributed by atoms with van der Waals surface area (Å²) in [5.41, 5.74) is 0.772. The molecule has 24 heavy (non-hydrogen) atoms. The zero-order valence-electron chi connectivity index (χ0n) is 14.4. The van der Waals surface area contributed by atoms with E-state index in [2.05, 4.69) is 20.5 Å². The Kier molecular flexibility index (Phi) is 5.33. The average molecular weight is 334 g/mol. The van der Waals surface area contributed by atoms with Crippen molar-refractivity contribution in [2.45, 2.75) is 38.5 Å². The van der Waals surface area contributed by atoms with Crippen LogP contribution in [0.3, 0.4) is 0 Å². The van der Waals surface area contributed by atoms with Crippen molar-refractivity contribution in [3.63, 3.8) is 0 Å². The molecule has 3 heterocycles. The van der Waals surface area contributed by atoms with E-state index in [0.717, 1.165) is 45.0 Å². The van der Waals surface area contributed by atoms with Crippen molar-refractivity contribution >= 4 is 11.8 Å². The van der Waals surface area contributed by atoms with Crippen LogP contribution in [0.25, 0.3) is 0 Å². The van der Waals surface area contributed by atoms with Crippen LogP contribution in [0.2, 0.25) is 0 Å². The van der Waals surface area contributed by atoms with Gasteiger partial charge in [-0.25, -0.2) is 9.78 Å². The van der Waals surface area contributed by atoms with Crippen molar-refractivity contribution in [2.75, 3.05) is 38.2 Å². The predicted octanol–water partition coefficient (Wildman–Crippen LogP) is 1.60. The highest BCUT2D eigenvalue weighted by Gasteiger charge is 2.32. The Hall–Kier alpha value is -1.70. The first-order valence-electron chi connectivity index (χ1n) is 8.48. The number of ether oxygens (including phenoxy) is 2. The van der Waals surface area contributed by atoms with Crippen molar-refractivity contribution in [2.24, 2.45) is 0 Å². The predicted molar refractivity (Wildman–Crippen MR) is 90.9 cm³/mol. The topological polar surface area (TPSA) is 75.7 Å². The molecule has 0 aliphatic carbocycles. The van der Waals surface area contributed by atoms with Crippen LogP contribution in [-0.4, -0.2) is 60.5 Å². The van der Waals surface area contributed by atoms with Gasteiger partial charge >= 0.3 is 6.03 Å². The number of nitrogens with one attached hydrogen (secondary N) is 2. The third-order valence-electron chi connectivity index (χ3n) is 4.29. The molecule has 2 N–H and O–H groups in total. The van der Waals surface area contributed by atoms with Crippen LogP contribution in [0.5, 0.6) is 0 Å². The normalized spacial score (nSPS) is 23.8. The molecule has 0 bridgehead atoms. The van der Waals surface area contributed by atoms with E-state index in [1.165, 1.54) is 0 Å². The number of carbonyl (C=O) groups is 1. The zero-order valence-corrected chi connectivity index (χ0v) is 14.4. The first-order chi connectivity index (χ1) is 11.5. The fraction of sp³-hybridized carbons (Fsp3) is 0.647. The molecule has 7 heteroatoms. The quantitative estimate of drug-likeness (QED) is 0.875. The van der Waals surface area contributed by atoms with E-state index in [9.17, 15) is 4.79 Å². The largest absolute Gasteiger partial charge is 0.379 e. The second-order valence-corrected chi connectivity index (χ2v) is 6.97. The Bertz CT molecular complexity index is 573. The molecule has 1 atom stereocenters. The van der Waals surface area contributed by atoms with Crippen LogP contribution in [0.1, 0.15) is 26.0 Å². The molecule has 2 aliphatic heterocycles. The van der Waals surface area contributed by atoms with Gasteiger partial charge in [0.05, 0.1) is 37.2 Å². The zero-order chi connectivity index (χ0) is 17.0.